The third-order valence-electron chi connectivity index (χ3n) is 6.50. The summed E-state index contributed by atoms with van der Waals surface area (Å²) in [6.07, 6.45) is 3.14. The number of ketones is 1. The van der Waals surface area contributed by atoms with Gasteiger partial charge in [-0.1, -0.05) is 34.1 Å². The summed E-state index contributed by atoms with van der Waals surface area (Å²) in [5.74, 6) is 0.693. The molecular formula is C26H30BrNO5. The number of hydrogen-bond acceptors (Lipinski definition) is 6. The van der Waals surface area contributed by atoms with E-state index in [1.807, 2.05) is 24.3 Å². The van der Waals surface area contributed by atoms with Gasteiger partial charge in [0, 0.05) is 23.5 Å². The number of Topliss-reactive ketones (excluding diaryl/α,β-unsaturated/α-hetero) is 1. The molecule has 1 saturated heterocycles. The van der Waals surface area contributed by atoms with Crippen LogP contribution in [-0.2, 0) is 29.0 Å². The van der Waals surface area contributed by atoms with Crippen molar-refractivity contribution in [1.82, 2.24) is 4.90 Å². The van der Waals surface area contributed by atoms with Crippen LogP contribution in [0.25, 0.3) is 0 Å². The Morgan fingerprint density at radius 3 is 2.70 bits per heavy atom. The zero-order chi connectivity index (χ0) is 23.4. The molecule has 0 aliphatic carbocycles. The average Bonchev–Trinajstić information content (AvgIpc) is 2.81. The summed E-state index contributed by atoms with van der Waals surface area (Å²) in [5.41, 5.74) is 3.87. The minimum Gasteiger partial charge on any atom is -0.490 e. The van der Waals surface area contributed by atoms with Crippen LogP contribution in [0.1, 0.15) is 46.8 Å². The van der Waals surface area contributed by atoms with Gasteiger partial charge in [-0.15, -0.1) is 0 Å². The van der Waals surface area contributed by atoms with Gasteiger partial charge in [0.25, 0.3) is 0 Å². The Labute approximate surface area is 203 Å². The van der Waals surface area contributed by atoms with E-state index >= 15 is 0 Å². The van der Waals surface area contributed by atoms with Gasteiger partial charge in [0.2, 0.25) is 0 Å². The van der Waals surface area contributed by atoms with Gasteiger partial charge in [-0.05, 0) is 74.0 Å². The third kappa shape index (κ3) is 6.22. The second-order valence-corrected chi connectivity index (χ2v) is 9.82. The molecular weight excluding hydrogens is 486 g/mol. The van der Waals surface area contributed by atoms with E-state index in [1.54, 1.807) is 0 Å². The quantitative estimate of drug-likeness (QED) is 0.562. The monoisotopic (exact) mass is 515 g/mol. The molecule has 2 heterocycles. The molecule has 4 rings (SSSR count). The number of nitrogens with zero attached hydrogens (tertiary/aromatic N) is 1. The number of piperidine rings is 1. The molecule has 1 fully saturated rings. The highest BCUT2D eigenvalue weighted by Crippen LogP contribution is 2.28. The lowest BCUT2D eigenvalue weighted by Gasteiger charge is -2.32. The normalized spacial score (nSPS) is 19.1. The molecule has 2 aromatic rings. The Hall–Kier alpha value is -2.22. The lowest BCUT2D eigenvalue weighted by Crippen LogP contribution is -2.36. The van der Waals surface area contributed by atoms with Gasteiger partial charge in [-0.2, -0.15) is 0 Å². The van der Waals surface area contributed by atoms with Gasteiger partial charge < -0.3 is 19.5 Å². The molecule has 2 aliphatic rings. The van der Waals surface area contributed by atoms with Crippen LogP contribution in [0.15, 0.2) is 40.9 Å². The lowest BCUT2D eigenvalue weighted by atomic mass is 9.89. The van der Waals surface area contributed by atoms with Crippen molar-refractivity contribution in [2.75, 3.05) is 26.2 Å². The molecule has 0 radical (unpaired) electrons. The van der Waals surface area contributed by atoms with E-state index in [-0.39, 0.29) is 18.4 Å². The topological polar surface area (TPSA) is 76.1 Å². The molecule has 0 amide bonds. The lowest BCUT2D eigenvalue weighted by molar-refractivity contribution is -0.142. The van der Waals surface area contributed by atoms with Gasteiger partial charge in [0.15, 0.2) is 11.9 Å². The van der Waals surface area contributed by atoms with E-state index in [9.17, 15) is 14.7 Å². The van der Waals surface area contributed by atoms with Crippen molar-refractivity contribution in [3.05, 3.63) is 63.1 Å². The number of fused-ring (bicyclic) bond motifs is 1. The summed E-state index contributed by atoms with van der Waals surface area (Å²) in [4.78, 5) is 25.8. The largest absolute Gasteiger partial charge is 0.490 e. The van der Waals surface area contributed by atoms with E-state index < -0.39 is 6.10 Å². The predicted molar refractivity (Wildman–Crippen MR) is 128 cm³/mol. The Morgan fingerprint density at radius 1 is 1.18 bits per heavy atom. The van der Waals surface area contributed by atoms with Crippen molar-refractivity contribution in [3.8, 4) is 5.75 Å². The molecule has 176 valence electrons. The number of halogens is 1. The van der Waals surface area contributed by atoms with Crippen LogP contribution in [0.4, 0.5) is 0 Å². The van der Waals surface area contributed by atoms with Crippen LogP contribution in [0, 0.1) is 5.92 Å². The van der Waals surface area contributed by atoms with Crippen LogP contribution in [-0.4, -0.2) is 54.1 Å². The standard InChI is InChI=1S/C26H30BrNO5/c1-17(29)32-15-21-13-20(2-4-23(21)27)12-19-7-10-28(11-8-19)9-6-18-3-5-25-22(14-18)26(31)24(30)16-33-25/h2-5,13-14,19,24,30H,6-12,15-16H2,1H3. The highest BCUT2D eigenvalue weighted by molar-refractivity contribution is 9.10. The minimum absolute atomic E-state index is 0.0356. The molecule has 33 heavy (non-hydrogen) atoms. The molecule has 0 bridgehead atoms. The molecule has 6 nitrogen and oxygen atoms in total. The van der Waals surface area contributed by atoms with Gasteiger partial charge in [-0.25, -0.2) is 0 Å². The molecule has 7 heteroatoms. The second kappa shape index (κ2) is 10.8. The molecule has 0 aromatic heterocycles. The van der Waals surface area contributed by atoms with E-state index in [2.05, 4.69) is 33.0 Å². The number of likely N-dealkylation sites (tertiary alicyclic amines) is 1. The van der Waals surface area contributed by atoms with Crippen LogP contribution in [0.5, 0.6) is 5.75 Å². The third-order valence-corrected chi connectivity index (χ3v) is 7.27. The Kier molecular flexibility index (Phi) is 7.83. The summed E-state index contributed by atoms with van der Waals surface area (Å²) < 4.78 is 11.6. The highest BCUT2D eigenvalue weighted by atomic mass is 79.9. The molecule has 2 aromatic carbocycles. The Balaban J connectivity index is 1.26. The summed E-state index contributed by atoms with van der Waals surface area (Å²) in [7, 11) is 0. The van der Waals surface area contributed by atoms with Gasteiger partial charge in [-0.3, -0.25) is 9.59 Å². The number of carbonyl (C=O) groups is 2. The molecule has 1 N–H and O–H groups in total. The van der Waals surface area contributed by atoms with Crippen molar-refractivity contribution >= 4 is 27.7 Å². The second-order valence-electron chi connectivity index (χ2n) is 8.97. The number of ether oxygens (including phenoxy) is 2. The molecule has 0 saturated carbocycles. The number of esters is 1. The highest BCUT2D eigenvalue weighted by Gasteiger charge is 2.27. The van der Waals surface area contributed by atoms with E-state index in [0.717, 1.165) is 60.9 Å². The number of benzene rings is 2. The minimum atomic E-state index is -1.06. The number of aliphatic hydroxyl groups excluding tert-OH is 1. The fourth-order valence-electron chi connectivity index (χ4n) is 4.55. The summed E-state index contributed by atoms with van der Waals surface area (Å²) in [6, 6.07) is 12.0. The zero-order valence-corrected chi connectivity index (χ0v) is 20.5. The van der Waals surface area contributed by atoms with Crippen molar-refractivity contribution in [3.63, 3.8) is 0 Å². The summed E-state index contributed by atoms with van der Waals surface area (Å²) in [5, 5.41) is 9.75. The zero-order valence-electron chi connectivity index (χ0n) is 18.9. The van der Waals surface area contributed by atoms with Crippen LogP contribution in [0.3, 0.4) is 0 Å². The molecule has 1 atom stereocenters. The SMILES string of the molecule is CC(=O)OCc1cc(CC2CCN(CCc3ccc4c(c3)C(=O)C(O)CO4)CC2)ccc1Br. The molecule has 2 aliphatic heterocycles. The predicted octanol–water partition coefficient (Wildman–Crippen LogP) is 3.95. The Morgan fingerprint density at radius 2 is 1.94 bits per heavy atom. The summed E-state index contributed by atoms with van der Waals surface area (Å²) in [6.45, 7) is 4.83. The fraction of sp³-hybridized carbons (Fsp3) is 0.462. The van der Waals surface area contributed by atoms with Crippen molar-refractivity contribution in [2.24, 2.45) is 5.92 Å². The van der Waals surface area contributed by atoms with Gasteiger partial charge in [0.1, 0.15) is 19.0 Å². The number of carbonyl (C=O) groups excluding carboxylic acids is 2. The maximum absolute atomic E-state index is 12.2. The van der Waals surface area contributed by atoms with Crippen molar-refractivity contribution < 1.29 is 24.2 Å². The first kappa shape index (κ1) is 23.9. The first-order valence-corrected chi connectivity index (χ1v) is 12.3. The first-order chi connectivity index (χ1) is 15.9. The van der Waals surface area contributed by atoms with E-state index in [1.165, 1.54) is 12.5 Å². The summed E-state index contributed by atoms with van der Waals surface area (Å²) >= 11 is 3.54. The van der Waals surface area contributed by atoms with Crippen LogP contribution < -0.4 is 4.74 Å². The van der Waals surface area contributed by atoms with Crippen molar-refractivity contribution in [1.29, 1.82) is 0 Å². The van der Waals surface area contributed by atoms with Crippen molar-refractivity contribution in [2.45, 2.75) is 45.3 Å². The number of aliphatic hydroxyl groups is 1. The van der Waals surface area contributed by atoms with Crippen LogP contribution in [0.2, 0.25) is 0 Å². The van der Waals surface area contributed by atoms with Gasteiger partial charge in [0.05, 0.1) is 5.56 Å². The molecule has 1 unspecified atom stereocenters. The molecule has 0 spiro atoms. The van der Waals surface area contributed by atoms with Crippen LogP contribution >= 0.6 is 15.9 Å². The van der Waals surface area contributed by atoms with E-state index in [4.69, 9.17) is 9.47 Å². The first-order valence-electron chi connectivity index (χ1n) is 11.5. The maximum atomic E-state index is 12.2. The smallest absolute Gasteiger partial charge is 0.302 e. The van der Waals surface area contributed by atoms with Gasteiger partial charge >= 0.3 is 5.97 Å². The fourth-order valence-corrected chi connectivity index (χ4v) is 4.92. The maximum Gasteiger partial charge on any atom is 0.302 e. The van der Waals surface area contributed by atoms with E-state index in [0.29, 0.717) is 23.8 Å². The average molecular weight is 516 g/mol. The Bertz CT molecular complexity index is 1020. The number of hydrogen-bond donors (Lipinski definition) is 1. The number of rotatable bonds is 7.